The maximum Gasteiger partial charge on any atom is 0.318 e. The largest absolute Gasteiger partial charge is 0.337 e. The van der Waals surface area contributed by atoms with Crippen LogP contribution >= 0.6 is 0 Å². The smallest absolute Gasteiger partial charge is 0.318 e. The first kappa shape index (κ1) is 14.0. The van der Waals surface area contributed by atoms with Crippen LogP contribution in [0.25, 0.3) is 0 Å². The summed E-state index contributed by atoms with van der Waals surface area (Å²) >= 11 is 0. The van der Waals surface area contributed by atoms with Crippen LogP contribution in [-0.4, -0.2) is 50.2 Å². The molecule has 5 heteroatoms. The summed E-state index contributed by atoms with van der Waals surface area (Å²) < 4.78 is 0. The van der Waals surface area contributed by atoms with Gasteiger partial charge < -0.3 is 16.0 Å². The average molecular weight is 240 g/mol. The lowest BCUT2D eigenvalue weighted by molar-refractivity contribution is 0.229. The van der Waals surface area contributed by atoms with E-state index < -0.39 is 0 Å². The van der Waals surface area contributed by atoms with E-state index in [1.165, 1.54) is 0 Å². The van der Waals surface area contributed by atoms with Crippen molar-refractivity contribution in [3.05, 3.63) is 12.3 Å². The number of nitrogens with zero attached hydrogens (tertiary/aromatic N) is 1. The summed E-state index contributed by atoms with van der Waals surface area (Å²) in [6.45, 7) is 9.98. The number of piperazine rings is 1. The molecule has 1 heterocycles. The zero-order valence-corrected chi connectivity index (χ0v) is 10.8. The molecule has 0 saturated carbocycles. The van der Waals surface area contributed by atoms with Crippen molar-refractivity contribution in [2.75, 3.05) is 39.3 Å². The minimum absolute atomic E-state index is 0.128. The van der Waals surface area contributed by atoms with Crippen LogP contribution in [0.1, 0.15) is 13.8 Å². The Kier molecular flexibility index (Phi) is 6.65. The average Bonchev–Trinajstić information content (AvgIpc) is 2.30. The van der Waals surface area contributed by atoms with Crippen molar-refractivity contribution >= 4 is 6.03 Å². The number of carbonyl (C=O) groups is 1. The fourth-order valence-corrected chi connectivity index (χ4v) is 1.63. The Morgan fingerprint density at radius 2 is 2.12 bits per heavy atom. The third kappa shape index (κ3) is 6.97. The lowest BCUT2D eigenvalue weighted by Gasteiger charge is -2.26. The number of hydrogen-bond acceptors (Lipinski definition) is 3. The summed E-state index contributed by atoms with van der Waals surface area (Å²) in [5.74, 6) is 0.455. The molecule has 0 atom stereocenters. The molecule has 1 saturated heterocycles. The molecule has 0 aromatic heterocycles. The van der Waals surface area contributed by atoms with Gasteiger partial charge in [0.15, 0.2) is 0 Å². The van der Waals surface area contributed by atoms with Crippen LogP contribution in [0.5, 0.6) is 0 Å². The fourth-order valence-electron chi connectivity index (χ4n) is 1.63. The standard InChI is InChI=1S/C12H24N4O/c1-11(2)3-4-14-12(17)15-7-10-16-8-5-13-6-9-16/h3-4,11,13H,5-10H2,1-2H3,(H2,14,15,17)/b4-3+. The van der Waals surface area contributed by atoms with Crippen LogP contribution in [0.15, 0.2) is 12.3 Å². The van der Waals surface area contributed by atoms with Gasteiger partial charge in [-0.15, -0.1) is 0 Å². The second-order valence-corrected chi connectivity index (χ2v) is 4.60. The van der Waals surface area contributed by atoms with Gasteiger partial charge in [0.05, 0.1) is 0 Å². The number of nitrogens with one attached hydrogen (secondary N) is 3. The van der Waals surface area contributed by atoms with E-state index in [4.69, 9.17) is 0 Å². The van der Waals surface area contributed by atoms with Crippen molar-refractivity contribution in [1.82, 2.24) is 20.9 Å². The Labute approximate surface area is 104 Å². The molecule has 3 N–H and O–H groups in total. The quantitative estimate of drug-likeness (QED) is 0.650. The Bertz CT molecular complexity index is 247. The molecular weight excluding hydrogens is 216 g/mol. The van der Waals surface area contributed by atoms with E-state index in [-0.39, 0.29) is 6.03 Å². The minimum Gasteiger partial charge on any atom is -0.337 e. The number of allylic oxidation sites excluding steroid dienone is 1. The van der Waals surface area contributed by atoms with Gasteiger partial charge in [-0.3, -0.25) is 4.90 Å². The van der Waals surface area contributed by atoms with E-state index in [1.807, 2.05) is 6.08 Å². The molecule has 0 aromatic rings. The first-order valence-electron chi connectivity index (χ1n) is 6.32. The molecule has 0 aromatic carbocycles. The van der Waals surface area contributed by atoms with Crippen molar-refractivity contribution in [3.8, 4) is 0 Å². The van der Waals surface area contributed by atoms with Crippen molar-refractivity contribution in [2.45, 2.75) is 13.8 Å². The summed E-state index contributed by atoms with van der Waals surface area (Å²) in [5.41, 5.74) is 0. The van der Waals surface area contributed by atoms with Gasteiger partial charge in [0.2, 0.25) is 0 Å². The summed E-state index contributed by atoms with van der Waals surface area (Å²) in [5, 5.41) is 8.83. The second kappa shape index (κ2) is 8.08. The molecule has 98 valence electrons. The van der Waals surface area contributed by atoms with Crippen LogP contribution in [0, 0.1) is 5.92 Å². The predicted molar refractivity (Wildman–Crippen MR) is 69.8 cm³/mol. The van der Waals surface area contributed by atoms with Crippen LogP contribution < -0.4 is 16.0 Å². The predicted octanol–water partition coefficient (Wildman–Crippen LogP) is 0.361. The van der Waals surface area contributed by atoms with Crippen LogP contribution in [0.3, 0.4) is 0 Å². The second-order valence-electron chi connectivity index (χ2n) is 4.60. The van der Waals surface area contributed by atoms with Gasteiger partial charge >= 0.3 is 6.03 Å². The SMILES string of the molecule is CC(C)/C=C/NC(=O)NCCN1CCNCC1. The lowest BCUT2D eigenvalue weighted by Crippen LogP contribution is -2.46. The Balaban J connectivity index is 2.03. The van der Waals surface area contributed by atoms with Gasteiger partial charge in [-0.2, -0.15) is 0 Å². The third-order valence-corrected chi connectivity index (χ3v) is 2.62. The highest BCUT2D eigenvalue weighted by Gasteiger charge is 2.08. The van der Waals surface area contributed by atoms with Gasteiger partial charge in [0.25, 0.3) is 0 Å². The maximum absolute atomic E-state index is 11.4. The monoisotopic (exact) mass is 240 g/mol. The zero-order chi connectivity index (χ0) is 12.5. The topological polar surface area (TPSA) is 56.4 Å². The molecule has 5 nitrogen and oxygen atoms in total. The molecule has 0 aliphatic carbocycles. The molecule has 1 aliphatic heterocycles. The van der Waals surface area contributed by atoms with Crippen molar-refractivity contribution in [2.24, 2.45) is 5.92 Å². The molecule has 0 spiro atoms. The Morgan fingerprint density at radius 3 is 2.76 bits per heavy atom. The highest BCUT2D eigenvalue weighted by Crippen LogP contribution is 1.91. The summed E-state index contributed by atoms with van der Waals surface area (Å²) in [6, 6.07) is -0.128. The lowest BCUT2D eigenvalue weighted by atomic mass is 10.2. The van der Waals surface area contributed by atoms with Crippen molar-refractivity contribution in [1.29, 1.82) is 0 Å². The minimum atomic E-state index is -0.128. The zero-order valence-electron chi connectivity index (χ0n) is 10.8. The molecule has 17 heavy (non-hydrogen) atoms. The molecule has 0 radical (unpaired) electrons. The van der Waals surface area contributed by atoms with Gasteiger partial charge in [0.1, 0.15) is 0 Å². The maximum atomic E-state index is 11.4. The van der Waals surface area contributed by atoms with Crippen LogP contribution in [0.2, 0.25) is 0 Å². The van der Waals surface area contributed by atoms with Gasteiger partial charge in [-0.1, -0.05) is 19.9 Å². The van der Waals surface area contributed by atoms with Crippen LogP contribution in [0.4, 0.5) is 4.79 Å². The summed E-state index contributed by atoms with van der Waals surface area (Å²) in [7, 11) is 0. The number of amides is 2. The van der Waals surface area contributed by atoms with Gasteiger partial charge in [-0.05, 0) is 5.92 Å². The Morgan fingerprint density at radius 1 is 1.41 bits per heavy atom. The molecule has 1 fully saturated rings. The Hall–Kier alpha value is -1.07. The van der Waals surface area contributed by atoms with Crippen molar-refractivity contribution in [3.63, 3.8) is 0 Å². The molecular formula is C12H24N4O. The van der Waals surface area contributed by atoms with E-state index in [9.17, 15) is 4.79 Å². The van der Waals surface area contributed by atoms with Crippen LogP contribution in [-0.2, 0) is 0 Å². The number of hydrogen-bond donors (Lipinski definition) is 3. The first-order chi connectivity index (χ1) is 8.18. The van der Waals surface area contributed by atoms with E-state index in [2.05, 4.69) is 34.7 Å². The summed E-state index contributed by atoms with van der Waals surface area (Å²) in [4.78, 5) is 13.7. The first-order valence-corrected chi connectivity index (χ1v) is 6.32. The normalized spacial score (nSPS) is 17.6. The summed E-state index contributed by atoms with van der Waals surface area (Å²) in [6.07, 6.45) is 3.65. The number of carbonyl (C=O) groups excluding carboxylic acids is 1. The molecule has 1 rings (SSSR count). The van der Waals surface area contributed by atoms with E-state index in [0.717, 1.165) is 32.7 Å². The van der Waals surface area contributed by atoms with E-state index in [0.29, 0.717) is 12.5 Å². The van der Waals surface area contributed by atoms with Crippen molar-refractivity contribution < 1.29 is 4.79 Å². The third-order valence-electron chi connectivity index (χ3n) is 2.62. The highest BCUT2D eigenvalue weighted by atomic mass is 16.2. The van der Waals surface area contributed by atoms with E-state index in [1.54, 1.807) is 6.20 Å². The molecule has 0 bridgehead atoms. The molecule has 1 aliphatic rings. The highest BCUT2D eigenvalue weighted by molar-refractivity contribution is 5.74. The van der Waals surface area contributed by atoms with E-state index >= 15 is 0 Å². The van der Waals surface area contributed by atoms with Gasteiger partial charge in [-0.25, -0.2) is 4.79 Å². The fraction of sp³-hybridized carbons (Fsp3) is 0.750. The number of urea groups is 1. The molecule has 2 amide bonds. The number of rotatable bonds is 5. The molecule has 0 unspecified atom stereocenters. The van der Waals surface area contributed by atoms with Gasteiger partial charge in [0, 0.05) is 45.5 Å².